The number of carbonyl (C=O) groups excluding carboxylic acids is 1. The van der Waals surface area contributed by atoms with Crippen LogP contribution in [0.4, 0.5) is 0 Å². The van der Waals surface area contributed by atoms with Crippen LogP contribution in [-0.4, -0.2) is 34.0 Å². The fourth-order valence-corrected chi connectivity index (χ4v) is 3.33. The average Bonchev–Trinajstić information content (AvgIpc) is 2.71. The van der Waals surface area contributed by atoms with E-state index < -0.39 is 11.5 Å². The molecule has 1 fully saturated rings. The summed E-state index contributed by atoms with van der Waals surface area (Å²) in [7, 11) is 0. The lowest BCUT2D eigenvalue weighted by Crippen LogP contribution is -2.48. The summed E-state index contributed by atoms with van der Waals surface area (Å²) in [6.45, 7) is 2.13. The highest BCUT2D eigenvalue weighted by atomic mass is 32.2. The quantitative estimate of drug-likeness (QED) is 0.667. The molecule has 1 amide bonds. The van der Waals surface area contributed by atoms with E-state index >= 15 is 0 Å². The first-order valence-electron chi connectivity index (χ1n) is 6.68. The number of hydrogen-bond acceptors (Lipinski definition) is 3. The zero-order valence-corrected chi connectivity index (χ0v) is 11.9. The van der Waals surface area contributed by atoms with Crippen molar-refractivity contribution < 1.29 is 14.7 Å². The summed E-state index contributed by atoms with van der Waals surface area (Å²) in [5.74, 6) is 0.604. The summed E-state index contributed by atoms with van der Waals surface area (Å²) < 4.78 is 0. The minimum Gasteiger partial charge on any atom is -0.481 e. The van der Waals surface area contributed by atoms with E-state index in [-0.39, 0.29) is 12.3 Å². The Morgan fingerprint density at radius 2 is 2.00 bits per heavy atom. The van der Waals surface area contributed by atoms with Crippen molar-refractivity contribution in [2.45, 2.75) is 57.4 Å². The van der Waals surface area contributed by atoms with E-state index in [1.165, 1.54) is 0 Å². The average molecular weight is 273 g/mol. The van der Waals surface area contributed by atoms with Gasteiger partial charge in [-0.1, -0.05) is 26.2 Å². The number of thioether (sulfide) groups is 1. The predicted molar refractivity (Wildman–Crippen MR) is 73.8 cm³/mol. The lowest BCUT2D eigenvalue weighted by Gasteiger charge is -2.28. The van der Waals surface area contributed by atoms with E-state index in [0.717, 1.165) is 44.3 Å². The van der Waals surface area contributed by atoms with E-state index in [9.17, 15) is 9.59 Å². The highest BCUT2D eigenvalue weighted by Gasteiger charge is 2.37. The minimum atomic E-state index is -0.823. The Hall–Kier alpha value is -0.710. The standard InChI is InChI=1S/C13H23NO3S/c1-2-3-8-18-10-11(15)14-13(9-12(16)17)6-4-5-7-13/h2-10H2,1H3,(H,14,15)(H,16,17). The highest BCUT2D eigenvalue weighted by Crippen LogP contribution is 2.32. The second kappa shape index (κ2) is 7.67. The van der Waals surface area contributed by atoms with Crippen molar-refractivity contribution in [2.75, 3.05) is 11.5 Å². The van der Waals surface area contributed by atoms with Crippen LogP contribution in [0.5, 0.6) is 0 Å². The van der Waals surface area contributed by atoms with Gasteiger partial charge in [0.05, 0.1) is 17.7 Å². The third kappa shape index (κ3) is 5.29. The van der Waals surface area contributed by atoms with Gasteiger partial charge in [-0.25, -0.2) is 0 Å². The third-order valence-electron chi connectivity index (χ3n) is 3.33. The second-order valence-electron chi connectivity index (χ2n) is 5.01. The number of aliphatic carboxylic acids is 1. The van der Waals surface area contributed by atoms with Gasteiger partial charge < -0.3 is 10.4 Å². The maximum absolute atomic E-state index is 11.8. The van der Waals surface area contributed by atoms with Gasteiger partial charge in [-0.15, -0.1) is 0 Å². The third-order valence-corrected chi connectivity index (χ3v) is 4.37. The molecule has 1 saturated carbocycles. The van der Waals surface area contributed by atoms with Crippen LogP contribution in [0.25, 0.3) is 0 Å². The minimum absolute atomic E-state index is 0.0146. The van der Waals surface area contributed by atoms with Gasteiger partial charge in [-0.05, 0) is 25.0 Å². The Balaban J connectivity index is 2.36. The number of rotatable bonds is 8. The largest absolute Gasteiger partial charge is 0.481 e. The molecule has 18 heavy (non-hydrogen) atoms. The first-order chi connectivity index (χ1) is 8.58. The number of unbranched alkanes of at least 4 members (excludes halogenated alkanes) is 1. The molecule has 2 N–H and O–H groups in total. The molecular weight excluding hydrogens is 250 g/mol. The van der Waals surface area contributed by atoms with Crippen LogP contribution >= 0.6 is 11.8 Å². The molecule has 0 aromatic heterocycles. The molecule has 0 spiro atoms. The zero-order valence-electron chi connectivity index (χ0n) is 11.0. The molecule has 1 rings (SSSR count). The molecule has 0 saturated heterocycles. The number of carbonyl (C=O) groups is 2. The topological polar surface area (TPSA) is 66.4 Å². The second-order valence-corrected chi connectivity index (χ2v) is 6.12. The fourth-order valence-electron chi connectivity index (χ4n) is 2.43. The van der Waals surface area contributed by atoms with Crippen LogP contribution in [0.2, 0.25) is 0 Å². The first-order valence-corrected chi connectivity index (χ1v) is 7.84. The molecule has 104 valence electrons. The Morgan fingerprint density at radius 1 is 1.33 bits per heavy atom. The van der Waals surface area contributed by atoms with Gasteiger partial charge in [-0.3, -0.25) is 9.59 Å². The van der Waals surface area contributed by atoms with Gasteiger partial charge in [0.15, 0.2) is 0 Å². The molecule has 0 unspecified atom stereocenters. The van der Waals surface area contributed by atoms with Crippen LogP contribution in [0.1, 0.15) is 51.9 Å². The van der Waals surface area contributed by atoms with Gasteiger partial charge in [0.25, 0.3) is 0 Å². The van der Waals surface area contributed by atoms with Crippen LogP contribution in [0, 0.1) is 0 Å². The molecule has 0 heterocycles. The lowest BCUT2D eigenvalue weighted by molar-refractivity contribution is -0.139. The maximum atomic E-state index is 11.8. The van der Waals surface area contributed by atoms with Crippen LogP contribution in [0.3, 0.4) is 0 Å². The van der Waals surface area contributed by atoms with E-state index in [1.54, 1.807) is 11.8 Å². The van der Waals surface area contributed by atoms with Crippen molar-refractivity contribution in [1.29, 1.82) is 0 Å². The fraction of sp³-hybridized carbons (Fsp3) is 0.846. The molecular formula is C13H23NO3S. The first kappa shape index (κ1) is 15.3. The molecule has 0 atom stereocenters. The zero-order chi connectivity index (χ0) is 13.4. The van der Waals surface area contributed by atoms with Crippen LogP contribution < -0.4 is 5.32 Å². The van der Waals surface area contributed by atoms with Crippen LogP contribution in [-0.2, 0) is 9.59 Å². The normalized spacial score (nSPS) is 17.6. The van der Waals surface area contributed by atoms with E-state index in [2.05, 4.69) is 12.2 Å². The van der Waals surface area contributed by atoms with Crippen molar-refractivity contribution in [2.24, 2.45) is 0 Å². The van der Waals surface area contributed by atoms with Gasteiger partial charge in [0.2, 0.25) is 5.91 Å². The molecule has 5 heteroatoms. The van der Waals surface area contributed by atoms with Crippen molar-refractivity contribution in [3.8, 4) is 0 Å². The number of amides is 1. The summed E-state index contributed by atoms with van der Waals surface area (Å²) in [5, 5.41) is 11.9. The Bertz CT molecular complexity index is 288. The lowest BCUT2D eigenvalue weighted by atomic mass is 9.93. The summed E-state index contributed by atoms with van der Waals surface area (Å²) in [4.78, 5) is 22.7. The molecule has 0 radical (unpaired) electrons. The summed E-state index contributed by atoms with van der Waals surface area (Å²) >= 11 is 1.63. The number of hydrogen-bond donors (Lipinski definition) is 2. The molecule has 0 aromatic rings. The van der Waals surface area contributed by atoms with Crippen molar-refractivity contribution >= 4 is 23.6 Å². The summed E-state index contributed by atoms with van der Waals surface area (Å²) in [6, 6.07) is 0. The van der Waals surface area contributed by atoms with Gasteiger partial charge in [-0.2, -0.15) is 11.8 Å². The maximum Gasteiger partial charge on any atom is 0.305 e. The van der Waals surface area contributed by atoms with Crippen molar-refractivity contribution in [3.63, 3.8) is 0 Å². The number of carboxylic acid groups (broad SMARTS) is 1. The number of carboxylic acids is 1. The van der Waals surface area contributed by atoms with Gasteiger partial charge >= 0.3 is 5.97 Å². The molecule has 0 bridgehead atoms. The Morgan fingerprint density at radius 3 is 2.56 bits per heavy atom. The summed E-state index contributed by atoms with van der Waals surface area (Å²) in [5.41, 5.74) is -0.478. The van der Waals surface area contributed by atoms with Crippen molar-refractivity contribution in [1.82, 2.24) is 5.32 Å². The van der Waals surface area contributed by atoms with E-state index in [4.69, 9.17) is 5.11 Å². The van der Waals surface area contributed by atoms with Gasteiger partial charge in [0.1, 0.15) is 0 Å². The Labute approximate surface area is 113 Å². The Kier molecular flexibility index (Phi) is 6.54. The number of nitrogens with one attached hydrogen (secondary N) is 1. The predicted octanol–water partition coefficient (Wildman–Crippen LogP) is 2.42. The highest BCUT2D eigenvalue weighted by molar-refractivity contribution is 7.99. The molecule has 4 nitrogen and oxygen atoms in total. The SMILES string of the molecule is CCCCSCC(=O)NC1(CC(=O)O)CCCC1. The molecule has 0 aliphatic heterocycles. The monoisotopic (exact) mass is 273 g/mol. The molecule has 0 aromatic carbocycles. The van der Waals surface area contributed by atoms with E-state index in [0.29, 0.717) is 5.75 Å². The molecule has 1 aliphatic rings. The van der Waals surface area contributed by atoms with Crippen LogP contribution in [0.15, 0.2) is 0 Å². The van der Waals surface area contributed by atoms with E-state index in [1.807, 2.05) is 0 Å². The van der Waals surface area contributed by atoms with Crippen molar-refractivity contribution in [3.05, 3.63) is 0 Å². The smallest absolute Gasteiger partial charge is 0.305 e. The molecule has 1 aliphatic carbocycles. The van der Waals surface area contributed by atoms with Gasteiger partial charge in [0, 0.05) is 0 Å². The summed E-state index contributed by atoms with van der Waals surface area (Å²) in [6.07, 6.45) is 5.93.